The van der Waals surface area contributed by atoms with E-state index in [-0.39, 0.29) is 11.1 Å². The summed E-state index contributed by atoms with van der Waals surface area (Å²) in [5, 5.41) is 18.6. The first kappa shape index (κ1) is 42.6. The molecule has 0 saturated heterocycles. The van der Waals surface area contributed by atoms with Crippen LogP contribution in [0.15, 0.2) is 58.4 Å². The van der Waals surface area contributed by atoms with Crippen LogP contribution in [0, 0.1) is 23.7 Å². The number of hydrogen-bond donors (Lipinski definition) is 2. The van der Waals surface area contributed by atoms with E-state index >= 15 is 0 Å². The molecule has 0 spiro atoms. The fourth-order valence-electron chi connectivity index (χ4n) is 6.25. The van der Waals surface area contributed by atoms with Gasteiger partial charge in [0, 0.05) is 40.3 Å². The molecular formula is C40H43F3N10O5. The molecule has 0 radical (unpaired) electrons. The average Bonchev–Trinajstić information content (AvgIpc) is 3.79. The number of aliphatic carboxylic acids is 1. The Morgan fingerprint density at radius 2 is 1.38 bits per heavy atom. The molecule has 58 heavy (non-hydrogen) atoms. The molecule has 2 aliphatic rings. The quantitative estimate of drug-likeness (QED) is 0.231. The molecule has 15 nitrogen and oxygen atoms in total. The topological polar surface area (TPSA) is 167 Å². The summed E-state index contributed by atoms with van der Waals surface area (Å²) in [4.78, 5) is 45.7. The zero-order valence-corrected chi connectivity index (χ0v) is 32.7. The lowest BCUT2D eigenvalue weighted by molar-refractivity contribution is -0.192. The van der Waals surface area contributed by atoms with E-state index < -0.39 is 12.1 Å². The van der Waals surface area contributed by atoms with Gasteiger partial charge in [0.1, 0.15) is 39.5 Å². The Bertz CT molecular complexity index is 2600. The molecule has 2 N–H and O–H groups in total. The molecule has 2 aliphatic heterocycles. The van der Waals surface area contributed by atoms with Gasteiger partial charge in [-0.25, -0.2) is 24.1 Å². The van der Waals surface area contributed by atoms with E-state index in [1.807, 2.05) is 21.3 Å². The predicted octanol–water partition coefficient (Wildman–Crippen LogP) is 3.61. The highest BCUT2D eigenvalue weighted by molar-refractivity contribution is 5.80. The van der Waals surface area contributed by atoms with Crippen LogP contribution in [0.2, 0.25) is 0 Å². The van der Waals surface area contributed by atoms with E-state index in [0.717, 1.165) is 74.1 Å². The smallest absolute Gasteiger partial charge is 0.490 e. The van der Waals surface area contributed by atoms with Crippen molar-refractivity contribution in [2.24, 2.45) is 14.1 Å². The van der Waals surface area contributed by atoms with Gasteiger partial charge in [0.05, 0.1) is 32.6 Å². The van der Waals surface area contributed by atoms with Gasteiger partial charge in [-0.05, 0) is 62.1 Å². The summed E-state index contributed by atoms with van der Waals surface area (Å²) in [6.45, 7) is 8.89. The maximum Gasteiger partial charge on any atom is 0.490 e. The minimum absolute atomic E-state index is 0.140. The van der Waals surface area contributed by atoms with Crippen molar-refractivity contribution in [1.82, 2.24) is 48.9 Å². The fourth-order valence-corrected chi connectivity index (χ4v) is 6.25. The zero-order chi connectivity index (χ0) is 42.0. The molecule has 0 amide bonds. The SMILES string of the molecule is CC#CCn1c(C2=CCN(Cc3ccc(OC)cc3)CC2)nc2cnn(C)c(=O)c21.CC#CCn1c(C2=CCNCC2)nc2cnn(C)c(=O)c21.O=C(O)C(F)(F)F. The van der Waals surface area contributed by atoms with Gasteiger partial charge in [0.25, 0.3) is 11.1 Å². The molecular weight excluding hydrogens is 757 g/mol. The van der Waals surface area contributed by atoms with Crippen molar-refractivity contribution in [3.63, 3.8) is 0 Å². The van der Waals surface area contributed by atoms with Crippen LogP contribution in [-0.2, 0) is 38.5 Å². The Kier molecular flexibility index (Phi) is 14.0. The number of halogens is 3. The minimum Gasteiger partial charge on any atom is -0.497 e. The number of aryl methyl sites for hydroxylation is 2. The van der Waals surface area contributed by atoms with Crippen molar-refractivity contribution in [3.05, 3.63) is 86.7 Å². The zero-order valence-electron chi connectivity index (χ0n) is 32.7. The summed E-state index contributed by atoms with van der Waals surface area (Å²) >= 11 is 0. The normalized spacial score (nSPS) is 14.1. The number of ether oxygens (including phenoxy) is 1. The molecule has 0 fully saturated rings. The molecule has 5 aromatic rings. The van der Waals surface area contributed by atoms with Crippen LogP contribution in [0.4, 0.5) is 13.2 Å². The number of imidazole rings is 2. The Hall–Kier alpha value is -6.50. The number of nitrogens with zero attached hydrogens (tertiary/aromatic N) is 9. The first-order valence-corrected chi connectivity index (χ1v) is 18.2. The van der Waals surface area contributed by atoms with Crippen molar-refractivity contribution >= 4 is 39.2 Å². The summed E-state index contributed by atoms with van der Waals surface area (Å²) in [6.07, 6.45) is 4.30. The van der Waals surface area contributed by atoms with Gasteiger partial charge in [-0.2, -0.15) is 23.4 Å². The lowest BCUT2D eigenvalue weighted by Gasteiger charge is -2.26. The fraction of sp³-hybridized carbons (Fsp3) is 0.375. The lowest BCUT2D eigenvalue weighted by atomic mass is 10.1. The molecule has 0 bridgehead atoms. The van der Waals surface area contributed by atoms with Crippen molar-refractivity contribution in [1.29, 1.82) is 0 Å². The van der Waals surface area contributed by atoms with E-state index in [2.05, 4.69) is 73.4 Å². The third-order valence-corrected chi connectivity index (χ3v) is 9.26. The van der Waals surface area contributed by atoms with Crippen LogP contribution in [-0.4, -0.2) is 94.1 Å². The number of carboxylic acids is 1. The Morgan fingerprint density at radius 1 is 0.862 bits per heavy atom. The van der Waals surface area contributed by atoms with Gasteiger partial charge in [-0.15, -0.1) is 11.8 Å². The van der Waals surface area contributed by atoms with Crippen molar-refractivity contribution in [2.75, 3.05) is 33.3 Å². The predicted molar refractivity (Wildman–Crippen MR) is 212 cm³/mol. The van der Waals surface area contributed by atoms with Gasteiger partial charge in [-0.1, -0.05) is 36.1 Å². The number of methoxy groups -OCH3 is 1. The summed E-state index contributed by atoms with van der Waals surface area (Å²) in [6, 6.07) is 8.19. The number of alkyl halides is 3. The number of fused-ring (bicyclic) bond motifs is 2. The third kappa shape index (κ3) is 10.1. The highest BCUT2D eigenvalue weighted by Gasteiger charge is 2.38. The Balaban J connectivity index is 0.000000198. The first-order chi connectivity index (χ1) is 27.8. The number of aromatic nitrogens is 8. The van der Waals surface area contributed by atoms with Gasteiger partial charge in [-0.3, -0.25) is 14.5 Å². The molecule has 0 aliphatic carbocycles. The number of carbonyl (C=O) groups is 1. The van der Waals surface area contributed by atoms with Gasteiger partial charge < -0.3 is 24.3 Å². The van der Waals surface area contributed by atoms with E-state index in [4.69, 9.17) is 19.6 Å². The van der Waals surface area contributed by atoms with E-state index in [1.165, 1.54) is 14.9 Å². The number of rotatable bonds is 7. The highest BCUT2D eigenvalue weighted by atomic mass is 19.4. The summed E-state index contributed by atoms with van der Waals surface area (Å²) in [7, 11) is 4.98. The largest absolute Gasteiger partial charge is 0.497 e. The maximum atomic E-state index is 12.7. The van der Waals surface area contributed by atoms with Crippen LogP contribution in [0.25, 0.3) is 33.2 Å². The molecule has 1 aromatic carbocycles. The number of benzene rings is 1. The number of carboxylic acid groups (broad SMARTS) is 1. The third-order valence-electron chi connectivity index (χ3n) is 9.26. The van der Waals surface area contributed by atoms with Crippen LogP contribution >= 0.6 is 0 Å². The molecule has 6 heterocycles. The van der Waals surface area contributed by atoms with Crippen molar-refractivity contribution in [2.45, 2.75) is 52.5 Å². The van der Waals surface area contributed by atoms with Gasteiger partial charge in [0.2, 0.25) is 0 Å². The molecule has 18 heteroatoms. The minimum atomic E-state index is -5.08. The Morgan fingerprint density at radius 3 is 1.79 bits per heavy atom. The lowest BCUT2D eigenvalue weighted by Crippen LogP contribution is -2.28. The monoisotopic (exact) mass is 800 g/mol. The van der Waals surface area contributed by atoms with Crippen molar-refractivity contribution < 1.29 is 27.8 Å². The summed E-state index contributed by atoms with van der Waals surface area (Å²) in [5.41, 5.74) is 5.66. The van der Waals surface area contributed by atoms with E-state index in [1.54, 1.807) is 47.4 Å². The summed E-state index contributed by atoms with van der Waals surface area (Å²) < 4.78 is 43.5. The molecule has 304 valence electrons. The second-order valence-electron chi connectivity index (χ2n) is 13.1. The van der Waals surface area contributed by atoms with Crippen molar-refractivity contribution in [3.8, 4) is 29.4 Å². The molecule has 7 rings (SSSR count). The highest BCUT2D eigenvalue weighted by Crippen LogP contribution is 2.26. The van der Waals surface area contributed by atoms with Crippen LogP contribution in [0.3, 0.4) is 0 Å². The second-order valence-corrected chi connectivity index (χ2v) is 13.1. The second kappa shape index (κ2) is 19.1. The van der Waals surface area contributed by atoms with Crippen LogP contribution in [0.1, 0.15) is 43.9 Å². The van der Waals surface area contributed by atoms with E-state index in [0.29, 0.717) is 35.2 Å². The molecule has 4 aromatic heterocycles. The summed E-state index contributed by atoms with van der Waals surface area (Å²) in [5.74, 6) is 11.7. The van der Waals surface area contributed by atoms with E-state index in [9.17, 15) is 22.8 Å². The molecule has 0 atom stereocenters. The average molecular weight is 801 g/mol. The molecule has 0 saturated carbocycles. The van der Waals surface area contributed by atoms with Crippen LogP contribution in [0.5, 0.6) is 5.75 Å². The van der Waals surface area contributed by atoms with Crippen LogP contribution < -0.4 is 21.2 Å². The van der Waals surface area contributed by atoms with Gasteiger partial charge in [0.15, 0.2) is 0 Å². The molecule has 0 unspecified atom stereocenters. The first-order valence-electron chi connectivity index (χ1n) is 18.2. The maximum absolute atomic E-state index is 12.7. The van der Waals surface area contributed by atoms with Gasteiger partial charge >= 0.3 is 12.1 Å². The standard InChI is InChI=1S/C23H25N5O2.C15H17N5O.C2HF3O2/c1-4-5-12-28-21-20(15-24-26(2)23(21)29)25-22(28)18-10-13-27(14-11-18)16-17-6-8-19(30-3)9-7-17;1-3-4-9-20-13-12(10-17-19(2)15(13)21)18-14(20)11-5-7-16-8-6-11;3-2(4,5)1(6)7/h6-10,15H,11-14,16H2,1-3H3;5,10,16H,6-9H2,1-2H3;(H,6,7). The number of nitrogens with one attached hydrogen (secondary N) is 1. The number of hydrogen-bond acceptors (Lipinski definition) is 10. The Labute approximate surface area is 331 Å².